The molecule has 3 rings (SSSR count). The predicted molar refractivity (Wildman–Crippen MR) is 103 cm³/mol. The Hall–Kier alpha value is -3.35. The van der Waals surface area contributed by atoms with E-state index in [0.29, 0.717) is 22.6 Å². The monoisotopic (exact) mass is 398 g/mol. The van der Waals surface area contributed by atoms with Crippen molar-refractivity contribution < 1.29 is 33.3 Å². The molecular weight excluding hydrogens is 376 g/mol. The Labute approximate surface area is 168 Å². The Morgan fingerprint density at radius 3 is 1.66 bits per heavy atom. The molecule has 0 radical (unpaired) electrons. The van der Waals surface area contributed by atoms with Crippen LogP contribution in [0.25, 0.3) is 0 Å². The summed E-state index contributed by atoms with van der Waals surface area (Å²) in [5.41, 5.74) is 0.732. The molecule has 0 unspecified atom stereocenters. The minimum absolute atomic E-state index is 0.274. The van der Waals surface area contributed by atoms with Crippen molar-refractivity contribution in [3.05, 3.63) is 58.7 Å². The topological polar surface area (TPSA) is 88.1 Å². The second-order valence-electron chi connectivity index (χ2n) is 7.56. The first-order valence-electron chi connectivity index (χ1n) is 9.00. The van der Waals surface area contributed by atoms with Gasteiger partial charge in [-0.2, -0.15) is 0 Å². The Bertz CT molecular complexity index is 920. The van der Waals surface area contributed by atoms with Crippen LogP contribution < -0.4 is 4.74 Å². The van der Waals surface area contributed by atoms with Crippen molar-refractivity contribution in [2.45, 2.75) is 32.3 Å². The lowest BCUT2D eigenvalue weighted by molar-refractivity contribution is -0.155. The van der Waals surface area contributed by atoms with Crippen molar-refractivity contribution >= 4 is 17.9 Å². The van der Waals surface area contributed by atoms with Crippen LogP contribution in [0.1, 0.15) is 58.5 Å². The smallest absolute Gasteiger partial charge is 0.337 e. The van der Waals surface area contributed by atoms with E-state index in [1.165, 1.54) is 14.2 Å². The normalized spacial score (nSPS) is 12.9. The number of carbonyl (C=O) groups is 3. The van der Waals surface area contributed by atoms with Crippen LogP contribution in [0.15, 0.2) is 36.4 Å². The molecule has 7 heteroatoms. The van der Waals surface area contributed by atoms with Gasteiger partial charge in [-0.15, -0.1) is 0 Å². The first kappa shape index (κ1) is 20.4. The fraction of sp³-hybridized carbons (Fsp3) is 0.318. The van der Waals surface area contributed by atoms with Crippen molar-refractivity contribution in [1.82, 2.24) is 0 Å². The molecule has 2 aromatic carbocycles. The zero-order chi connectivity index (χ0) is 21.3. The summed E-state index contributed by atoms with van der Waals surface area (Å²) < 4.78 is 21.1. The maximum absolute atomic E-state index is 13.1. The average molecular weight is 398 g/mol. The van der Waals surface area contributed by atoms with Gasteiger partial charge < -0.3 is 18.9 Å². The average Bonchev–Trinajstić information content (AvgIpc) is 2.68. The summed E-state index contributed by atoms with van der Waals surface area (Å²) in [6, 6.07) is 9.43. The highest BCUT2D eigenvalue weighted by molar-refractivity contribution is 5.94. The van der Waals surface area contributed by atoms with Gasteiger partial charge in [-0.05, 0) is 57.2 Å². The van der Waals surface area contributed by atoms with Crippen LogP contribution in [0.3, 0.4) is 0 Å². The van der Waals surface area contributed by atoms with Gasteiger partial charge in [0.1, 0.15) is 23.0 Å². The molecule has 0 N–H and O–H groups in total. The predicted octanol–water partition coefficient (Wildman–Crippen LogP) is 3.84. The fourth-order valence-electron chi connectivity index (χ4n) is 3.12. The number of methoxy groups -OCH3 is 2. The molecule has 0 spiro atoms. The van der Waals surface area contributed by atoms with Crippen LogP contribution in [0, 0.1) is 0 Å². The molecule has 7 nitrogen and oxygen atoms in total. The maximum atomic E-state index is 13.1. The van der Waals surface area contributed by atoms with Crippen LogP contribution >= 0.6 is 0 Å². The molecule has 0 amide bonds. The minimum atomic E-state index is -0.887. The molecule has 1 heterocycles. The quantitative estimate of drug-likeness (QED) is 0.573. The summed E-state index contributed by atoms with van der Waals surface area (Å²) in [6.45, 7) is 5.30. The van der Waals surface area contributed by atoms with E-state index in [1.54, 1.807) is 57.2 Å². The Kier molecular flexibility index (Phi) is 5.33. The minimum Gasteiger partial charge on any atom is -0.465 e. The first-order chi connectivity index (χ1) is 13.6. The SMILES string of the molecule is COC(=O)c1ccc2c(c1)C(C(=O)OC(C)(C)C)c1cc(C(=O)OC)ccc1O2. The number of hydrogen-bond acceptors (Lipinski definition) is 7. The molecule has 29 heavy (non-hydrogen) atoms. The molecule has 0 aliphatic carbocycles. The lowest BCUT2D eigenvalue weighted by Crippen LogP contribution is -2.30. The molecule has 0 aromatic heterocycles. The molecule has 0 saturated carbocycles. The van der Waals surface area contributed by atoms with Crippen molar-refractivity contribution in [2.24, 2.45) is 0 Å². The van der Waals surface area contributed by atoms with Crippen molar-refractivity contribution in [1.29, 1.82) is 0 Å². The number of carbonyl (C=O) groups excluding carboxylic acids is 3. The molecule has 0 atom stereocenters. The summed E-state index contributed by atoms with van der Waals surface area (Å²) >= 11 is 0. The molecule has 0 fully saturated rings. The van der Waals surface area contributed by atoms with Crippen LogP contribution in [0.4, 0.5) is 0 Å². The van der Waals surface area contributed by atoms with E-state index < -0.39 is 29.4 Å². The van der Waals surface area contributed by atoms with E-state index in [0.717, 1.165) is 0 Å². The van der Waals surface area contributed by atoms with Crippen LogP contribution in [-0.2, 0) is 19.0 Å². The largest absolute Gasteiger partial charge is 0.465 e. The van der Waals surface area contributed by atoms with Gasteiger partial charge in [-0.25, -0.2) is 9.59 Å². The molecular formula is C22H22O7. The van der Waals surface area contributed by atoms with Gasteiger partial charge in [0.2, 0.25) is 0 Å². The third-order valence-corrected chi connectivity index (χ3v) is 4.35. The van der Waals surface area contributed by atoms with Crippen molar-refractivity contribution in [2.75, 3.05) is 14.2 Å². The Balaban J connectivity index is 2.17. The van der Waals surface area contributed by atoms with E-state index in [1.807, 2.05) is 0 Å². The number of ether oxygens (including phenoxy) is 4. The Morgan fingerprint density at radius 2 is 1.28 bits per heavy atom. The lowest BCUT2D eigenvalue weighted by Gasteiger charge is -2.30. The van der Waals surface area contributed by atoms with Crippen LogP contribution in [0.5, 0.6) is 11.5 Å². The summed E-state index contributed by atoms with van der Waals surface area (Å²) in [6.07, 6.45) is 0. The molecule has 2 aromatic rings. The van der Waals surface area contributed by atoms with E-state index in [2.05, 4.69) is 0 Å². The van der Waals surface area contributed by atoms with Gasteiger partial charge in [-0.3, -0.25) is 4.79 Å². The number of fused-ring (bicyclic) bond motifs is 2. The molecule has 1 aliphatic rings. The van der Waals surface area contributed by atoms with Gasteiger partial charge >= 0.3 is 17.9 Å². The highest BCUT2D eigenvalue weighted by atomic mass is 16.6. The molecule has 0 bridgehead atoms. The molecule has 1 aliphatic heterocycles. The van der Waals surface area contributed by atoms with Crippen molar-refractivity contribution in [3.63, 3.8) is 0 Å². The highest BCUT2D eigenvalue weighted by Crippen LogP contribution is 2.46. The summed E-state index contributed by atoms with van der Waals surface area (Å²) in [5.74, 6) is -1.64. The van der Waals surface area contributed by atoms with Gasteiger partial charge in [-0.1, -0.05) is 0 Å². The zero-order valence-electron chi connectivity index (χ0n) is 16.9. The van der Waals surface area contributed by atoms with Gasteiger partial charge in [0.15, 0.2) is 0 Å². The third-order valence-electron chi connectivity index (χ3n) is 4.35. The first-order valence-corrected chi connectivity index (χ1v) is 9.00. The zero-order valence-corrected chi connectivity index (χ0v) is 16.9. The number of hydrogen-bond donors (Lipinski definition) is 0. The standard InChI is InChI=1S/C22H22O7/c1-22(2,3)29-21(25)18-14-10-12(19(23)26-4)6-8-16(14)28-17-9-7-13(11-15(17)18)20(24)27-5/h6-11,18H,1-5H3. The third kappa shape index (κ3) is 4.08. The summed E-state index contributed by atoms with van der Waals surface area (Å²) in [5, 5.41) is 0. The molecule has 152 valence electrons. The van der Waals surface area contributed by atoms with Crippen LogP contribution in [-0.4, -0.2) is 37.7 Å². The van der Waals surface area contributed by atoms with Crippen molar-refractivity contribution in [3.8, 4) is 11.5 Å². The van der Waals surface area contributed by atoms with Gasteiger partial charge in [0, 0.05) is 11.1 Å². The molecule has 0 saturated heterocycles. The van der Waals surface area contributed by atoms with Crippen LogP contribution in [0.2, 0.25) is 0 Å². The maximum Gasteiger partial charge on any atom is 0.337 e. The van der Waals surface area contributed by atoms with Gasteiger partial charge in [0.05, 0.1) is 25.3 Å². The van der Waals surface area contributed by atoms with E-state index in [9.17, 15) is 14.4 Å². The van der Waals surface area contributed by atoms with E-state index >= 15 is 0 Å². The fourth-order valence-corrected chi connectivity index (χ4v) is 3.12. The highest BCUT2D eigenvalue weighted by Gasteiger charge is 2.37. The number of rotatable bonds is 3. The summed E-state index contributed by atoms with van der Waals surface area (Å²) in [4.78, 5) is 37.1. The number of esters is 3. The Morgan fingerprint density at radius 1 is 0.828 bits per heavy atom. The van der Waals surface area contributed by atoms with E-state index in [4.69, 9.17) is 18.9 Å². The number of benzene rings is 2. The lowest BCUT2D eigenvalue weighted by atomic mass is 9.86. The summed E-state index contributed by atoms with van der Waals surface area (Å²) in [7, 11) is 2.56. The second kappa shape index (κ2) is 7.58. The second-order valence-corrected chi connectivity index (χ2v) is 7.56. The van der Waals surface area contributed by atoms with Gasteiger partial charge in [0.25, 0.3) is 0 Å². The van der Waals surface area contributed by atoms with E-state index in [-0.39, 0.29) is 11.1 Å².